The van der Waals surface area contributed by atoms with Gasteiger partial charge in [0.15, 0.2) is 0 Å². The molecule has 66 valence electrons. The van der Waals surface area contributed by atoms with E-state index >= 15 is 0 Å². The minimum Gasteiger partial charge on any atom is -0.298 e. The van der Waals surface area contributed by atoms with Gasteiger partial charge in [-0.25, -0.2) is 0 Å². The number of aldehydes is 1. The summed E-state index contributed by atoms with van der Waals surface area (Å²) in [7, 11) is -0.235. The van der Waals surface area contributed by atoms with Crippen LogP contribution >= 0.6 is 10.9 Å². The molecule has 1 aliphatic heterocycles. The smallest absolute Gasteiger partial charge is 0.150 e. The van der Waals surface area contributed by atoms with Crippen molar-refractivity contribution in [1.29, 1.82) is 0 Å². The molecule has 0 aliphatic carbocycles. The van der Waals surface area contributed by atoms with Gasteiger partial charge in [0.25, 0.3) is 0 Å². The summed E-state index contributed by atoms with van der Waals surface area (Å²) in [6.45, 7) is 0. The zero-order valence-corrected chi connectivity index (χ0v) is 7.95. The van der Waals surface area contributed by atoms with Crippen LogP contribution < -0.4 is 0 Å². The summed E-state index contributed by atoms with van der Waals surface area (Å²) < 4.78 is 0. The second kappa shape index (κ2) is 3.62. The average Bonchev–Trinajstić information content (AvgIpc) is 2.71. The predicted molar refractivity (Wildman–Crippen MR) is 57.4 cm³/mol. The van der Waals surface area contributed by atoms with Crippen LogP contribution in [0, 0.1) is 0 Å². The highest BCUT2D eigenvalue weighted by atomic mass is 32.2. The van der Waals surface area contributed by atoms with Crippen molar-refractivity contribution in [3.05, 3.63) is 52.8 Å². The number of allylic oxidation sites excluding steroid dienone is 2. The van der Waals surface area contributed by atoms with Crippen LogP contribution in [0.4, 0.5) is 0 Å². The van der Waals surface area contributed by atoms with Crippen molar-refractivity contribution in [2.75, 3.05) is 0 Å². The number of thiol groups is 1. The summed E-state index contributed by atoms with van der Waals surface area (Å²) in [4.78, 5) is 11.7. The first-order chi connectivity index (χ1) is 6.40. The summed E-state index contributed by atoms with van der Waals surface area (Å²) >= 11 is 0. The van der Waals surface area contributed by atoms with Crippen LogP contribution in [0.1, 0.15) is 10.4 Å². The molecule has 0 radical (unpaired) electrons. The van der Waals surface area contributed by atoms with E-state index in [1.165, 1.54) is 4.90 Å². The fraction of sp³-hybridized carbons (Fsp3) is 0. The van der Waals surface area contributed by atoms with Gasteiger partial charge in [0.05, 0.1) is 0 Å². The van der Waals surface area contributed by atoms with E-state index in [4.69, 9.17) is 0 Å². The lowest BCUT2D eigenvalue weighted by Gasteiger charge is -2.09. The zero-order valence-electron chi connectivity index (χ0n) is 7.05. The van der Waals surface area contributed by atoms with Gasteiger partial charge in [-0.1, -0.05) is 24.3 Å². The highest BCUT2D eigenvalue weighted by molar-refractivity contribution is 8.22. The van der Waals surface area contributed by atoms with Crippen molar-refractivity contribution in [3.8, 4) is 0 Å². The van der Waals surface area contributed by atoms with E-state index in [0.717, 1.165) is 11.8 Å². The van der Waals surface area contributed by atoms with E-state index in [9.17, 15) is 4.79 Å². The Balaban J connectivity index is 2.27. The zero-order chi connectivity index (χ0) is 9.10. The Bertz CT molecular complexity index is 350. The molecule has 0 saturated carbocycles. The number of hydrogen-bond donors (Lipinski definition) is 1. The second-order valence-corrected chi connectivity index (χ2v) is 4.73. The molecule has 0 spiro atoms. The van der Waals surface area contributed by atoms with Gasteiger partial charge >= 0.3 is 0 Å². The minimum atomic E-state index is -0.235. The third-order valence-corrected chi connectivity index (χ3v) is 3.81. The fourth-order valence-electron chi connectivity index (χ4n) is 1.23. The number of benzene rings is 1. The van der Waals surface area contributed by atoms with Crippen LogP contribution in [0.25, 0.3) is 0 Å². The lowest BCUT2D eigenvalue weighted by atomic mass is 10.2. The molecule has 1 nitrogen and oxygen atoms in total. The first-order valence-electron chi connectivity index (χ1n) is 4.09. The Morgan fingerprint density at radius 2 is 1.62 bits per heavy atom. The van der Waals surface area contributed by atoms with Gasteiger partial charge in [0.2, 0.25) is 0 Å². The van der Waals surface area contributed by atoms with E-state index in [1.54, 1.807) is 0 Å². The largest absolute Gasteiger partial charge is 0.298 e. The summed E-state index contributed by atoms with van der Waals surface area (Å²) in [6.07, 6.45) is 5.01. The van der Waals surface area contributed by atoms with Crippen molar-refractivity contribution >= 4 is 17.2 Å². The molecular formula is C11H10OS. The van der Waals surface area contributed by atoms with Crippen LogP contribution in [0.5, 0.6) is 0 Å². The predicted octanol–water partition coefficient (Wildman–Crippen LogP) is 2.90. The maximum Gasteiger partial charge on any atom is 0.150 e. The van der Waals surface area contributed by atoms with Crippen molar-refractivity contribution in [1.82, 2.24) is 0 Å². The van der Waals surface area contributed by atoms with Gasteiger partial charge < -0.3 is 0 Å². The number of hydrogen-bond acceptors (Lipinski definition) is 1. The molecule has 2 rings (SSSR count). The average molecular weight is 190 g/mol. The summed E-state index contributed by atoms with van der Waals surface area (Å²) in [5.74, 6) is 0. The lowest BCUT2D eigenvalue weighted by molar-refractivity contribution is 0.112. The van der Waals surface area contributed by atoms with Crippen molar-refractivity contribution in [2.45, 2.75) is 4.90 Å². The molecule has 0 bridgehead atoms. The third kappa shape index (κ3) is 1.73. The quantitative estimate of drug-likeness (QED) is 0.560. The highest BCUT2D eigenvalue weighted by Crippen LogP contribution is 2.41. The normalized spacial score (nSPS) is 16.5. The van der Waals surface area contributed by atoms with Gasteiger partial charge in [-0.3, -0.25) is 4.79 Å². The number of carbonyl (C=O) groups is 1. The molecule has 2 heteroatoms. The molecule has 13 heavy (non-hydrogen) atoms. The number of rotatable bonds is 2. The minimum absolute atomic E-state index is 0.235. The van der Waals surface area contributed by atoms with E-state index in [1.807, 2.05) is 24.3 Å². The molecule has 0 saturated heterocycles. The molecule has 1 aromatic carbocycles. The highest BCUT2D eigenvalue weighted by Gasteiger charge is 2.01. The lowest BCUT2D eigenvalue weighted by Crippen LogP contribution is -1.79. The van der Waals surface area contributed by atoms with Crippen molar-refractivity contribution < 1.29 is 4.79 Å². The second-order valence-electron chi connectivity index (χ2n) is 2.80. The first kappa shape index (κ1) is 8.32. The Morgan fingerprint density at radius 3 is 2.15 bits per heavy atom. The standard InChI is InChI=1S/C11H10OS/c12-9-10-3-5-11(6-4-10)13-7-1-2-8-13/h1-9,13H. The third-order valence-electron chi connectivity index (χ3n) is 1.93. The molecule has 1 aliphatic rings. The summed E-state index contributed by atoms with van der Waals surface area (Å²) in [5.41, 5.74) is 0.742. The Labute approximate surface area is 80.1 Å². The molecule has 0 atom stereocenters. The Morgan fingerprint density at radius 1 is 1.00 bits per heavy atom. The van der Waals surface area contributed by atoms with Crippen LogP contribution in [0.2, 0.25) is 0 Å². The Kier molecular flexibility index (Phi) is 2.32. The number of carbonyl (C=O) groups excluding carboxylic acids is 1. The van der Waals surface area contributed by atoms with Crippen molar-refractivity contribution in [3.63, 3.8) is 0 Å². The maximum absolute atomic E-state index is 10.4. The molecular weight excluding hydrogens is 180 g/mol. The van der Waals surface area contributed by atoms with Crippen LogP contribution in [-0.4, -0.2) is 6.29 Å². The van der Waals surface area contributed by atoms with E-state index < -0.39 is 0 Å². The summed E-state index contributed by atoms with van der Waals surface area (Å²) in [5, 5.41) is 4.40. The molecule has 0 amide bonds. The molecule has 0 unspecified atom stereocenters. The molecule has 0 N–H and O–H groups in total. The molecule has 0 aromatic heterocycles. The van der Waals surface area contributed by atoms with Crippen LogP contribution in [-0.2, 0) is 0 Å². The maximum atomic E-state index is 10.4. The Hall–Kier alpha value is -1.28. The van der Waals surface area contributed by atoms with Crippen LogP contribution in [0.3, 0.4) is 0 Å². The molecule has 0 fully saturated rings. The van der Waals surface area contributed by atoms with Gasteiger partial charge in [-0.2, -0.15) is 10.9 Å². The first-order valence-corrected chi connectivity index (χ1v) is 5.57. The SMILES string of the molecule is O=Cc1ccc([SH]2C=CC=C2)cc1. The van der Waals surface area contributed by atoms with Crippen LogP contribution in [0.15, 0.2) is 52.1 Å². The monoisotopic (exact) mass is 190 g/mol. The van der Waals surface area contributed by atoms with Gasteiger partial charge in [-0.15, -0.1) is 0 Å². The van der Waals surface area contributed by atoms with Crippen molar-refractivity contribution in [2.24, 2.45) is 0 Å². The topological polar surface area (TPSA) is 17.1 Å². The molecule has 1 aromatic rings. The van der Waals surface area contributed by atoms with Gasteiger partial charge in [-0.05, 0) is 27.8 Å². The van der Waals surface area contributed by atoms with Gasteiger partial charge in [0, 0.05) is 5.56 Å². The van der Waals surface area contributed by atoms with E-state index in [-0.39, 0.29) is 10.9 Å². The van der Waals surface area contributed by atoms with Gasteiger partial charge in [0.1, 0.15) is 6.29 Å². The van der Waals surface area contributed by atoms with E-state index in [0.29, 0.717) is 0 Å². The van der Waals surface area contributed by atoms with E-state index in [2.05, 4.69) is 23.0 Å². The fourth-order valence-corrected chi connectivity index (χ4v) is 2.74. The summed E-state index contributed by atoms with van der Waals surface area (Å²) in [6, 6.07) is 7.78. The molecule has 1 heterocycles.